The first-order chi connectivity index (χ1) is 18.2. The van der Waals surface area contributed by atoms with Gasteiger partial charge in [0.15, 0.2) is 0 Å². The number of nitrogens with zero attached hydrogens (tertiary/aromatic N) is 3. The number of alkyl halides is 3. The molecule has 0 unspecified atom stereocenters. The van der Waals surface area contributed by atoms with Gasteiger partial charge in [0.25, 0.3) is 0 Å². The van der Waals surface area contributed by atoms with Crippen molar-refractivity contribution in [2.24, 2.45) is 17.1 Å². The number of aliphatic hydroxyl groups is 1. The lowest BCUT2D eigenvalue weighted by atomic mass is 9.63. The molecule has 2 atom stereocenters. The van der Waals surface area contributed by atoms with E-state index < -0.39 is 40.8 Å². The van der Waals surface area contributed by atoms with Crippen LogP contribution in [0.2, 0.25) is 0 Å². The fraction of sp³-hybridized carbons (Fsp3) is 0.400. The normalized spacial score (nSPS) is 20.8. The molecule has 0 bridgehead atoms. The van der Waals surface area contributed by atoms with Crippen LogP contribution in [0.5, 0.6) is 0 Å². The van der Waals surface area contributed by atoms with Crippen LogP contribution in [0.15, 0.2) is 36.7 Å². The number of nitrogens with two attached hydrogens (primary N) is 1. The second-order valence-electron chi connectivity index (χ2n) is 10.2. The number of aliphatic carboxylic acids is 1. The van der Waals surface area contributed by atoms with Gasteiger partial charge in [-0.15, -0.1) is 11.3 Å². The third kappa shape index (κ3) is 6.45. The highest BCUT2D eigenvalue weighted by atomic mass is 32.1. The number of benzene rings is 1. The minimum Gasteiger partial charge on any atom is -0.481 e. The molecule has 2 amide bonds. The van der Waals surface area contributed by atoms with Gasteiger partial charge in [-0.25, -0.2) is 19.7 Å². The molecule has 6 N–H and O–H groups in total. The second kappa shape index (κ2) is 10.4. The van der Waals surface area contributed by atoms with Crippen LogP contribution in [0.25, 0.3) is 10.4 Å². The number of amides is 2. The highest BCUT2D eigenvalue weighted by molar-refractivity contribution is 7.15. The summed E-state index contributed by atoms with van der Waals surface area (Å²) in [6.07, 6.45) is -1.33. The average molecular weight is 565 g/mol. The fourth-order valence-electron chi connectivity index (χ4n) is 4.91. The maximum absolute atomic E-state index is 13.1. The first-order valence-electron chi connectivity index (χ1n) is 11.9. The van der Waals surface area contributed by atoms with Gasteiger partial charge in [-0.05, 0) is 60.1 Å². The Morgan fingerprint density at radius 1 is 1.23 bits per heavy atom. The predicted octanol–water partition coefficient (Wildman–Crippen LogP) is 4.63. The standard InChI is InChI=1S/C25H27F3N6O4S/c1-23(2)12-24(38,5-3-16(23)19(35)36)20-31-11-17(39-20)14-7-13(10-32-21(29)37)8-15(9-14)33-22-30-6-4-18(34-22)25(26,27)28/h4,6-9,11,16,38H,3,5,10,12H2,1-2H3,(H,35,36)(H3,29,32,37)(H,30,33,34)/t16-,24-/m1/s1. The van der Waals surface area contributed by atoms with E-state index in [0.717, 1.165) is 12.3 Å². The molecule has 10 nitrogen and oxygen atoms in total. The fourth-order valence-corrected chi connectivity index (χ4v) is 5.92. The molecular weight excluding hydrogens is 537 g/mol. The van der Waals surface area contributed by atoms with Gasteiger partial charge in [0.2, 0.25) is 5.95 Å². The molecule has 39 heavy (non-hydrogen) atoms. The Balaban J connectivity index is 1.66. The van der Waals surface area contributed by atoms with Gasteiger partial charge in [0.05, 0.1) is 10.8 Å². The molecule has 208 valence electrons. The van der Waals surface area contributed by atoms with Crippen molar-refractivity contribution >= 4 is 35.0 Å². The van der Waals surface area contributed by atoms with Gasteiger partial charge >= 0.3 is 18.2 Å². The lowest BCUT2D eigenvalue weighted by Gasteiger charge is -2.44. The molecule has 0 aliphatic heterocycles. The van der Waals surface area contributed by atoms with Crippen molar-refractivity contribution in [3.05, 3.63) is 52.9 Å². The van der Waals surface area contributed by atoms with E-state index in [4.69, 9.17) is 5.73 Å². The summed E-state index contributed by atoms with van der Waals surface area (Å²) in [5.74, 6) is -1.75. The summed E-state index contributed by atoms with van der Waals surface area (Å²) in [5, 5.41) is 26.7. The molecule has 1 aliphatic rings. The molecule has 2 heterocycles. The summed E-state index contributed by atoms with van der Waals surface area (Å²) >= 11 is 1.23. The number of carbonyl (C=O) groups is 2. The third-order valence-corrected chi connectivity index (χ3v) is 7.93. The zero-order chi connectivity index (χ0) is 28.6. The van der Waals surface area contributed by atoms with Crippen LogP contribution in [0.4, 0.5) is 29.6 Å². The Morgan fingerprint density at radius 3 is 2.62 bits per heavy atom. The Labute approximate surface area is 225 Å². The van der Waals surface area contributed by atoms with E-state index in [1.807, 2.05) is 13.8 Å². The highest BCUT2D eigenvalue weighted by Crippen LogP contribution is 2.51. The van der Waals surface area contributed by atoms with Crippen LogP contribution < -0.4 is 16.4 Å². The molecule has 1 aromatic carbocycles. The largest absolute Gasteiger partial charge is 0.481 e. The summed E-state index contributed by atoms with van der Waals surface area (Å²) in [4.78, 5) is 35.4. The summed E-state index contributed by atoms with van der Waals surface area (Å²) in [5.41, 5.74) is 3.66. The molecule has 1 fully saturated rings. The molecule has 0 spiro atoms. The van der Waals surface area contributed by atoms with E-state index in [-0.39, 0.29) is 25.3 Å². The predicted molar refractivity (Wildman–Crippen MR) is 137 cm³/mol. The zero-order valence-electron chi connectivity index (χ0n) is 21.0. The van der Waals surface area contributed by atoms with Crippen molar-refractivity contribution in [2.45, 2.75) is 51.4 Å². The Kier molecular flexibility index (Phi) is 7.54. The number of carbonyl (C=O) groups excluding carboxylic acids is 1. The number of thiazole rings is 1. The average Bonchev–Trinajstić information content (AvgIpc) is 3.33. The van der Waals surface area contributed by atoms with Gasteiger partial charge in [-0.3, -0.25) is 4.79 Å². The van der Waals surface area contributed by atoms with Gasteiger partial charge in [0.1, 0.15) is 16.3 Å². The van der Waals surface area contributed by atoms with Crippen LogP contribution in [-0.2, 0) is 23.1 Å². The molecule has 1 aliphatic carbocycles. The maximum Gasteiger partial charge on any atom is 0.433 e. The monoisotopic (exact) mass is 564 g/mol. The van der Waals surface area contributed by atoms with Gasteiger partial charge in [-0.2, -0.15) is 13.2 Å². The van der Waals surface area contributed by atoms with Crippen LogP contribution in [0.3, 0.4) is 0 Å². The molecule has 4 rings (SSSR count). The highest BCUT2D eigenvalue weighted by Gasteiger charge is 2.49. The number of hydrogen-bond acceptors (Lipinski definition) is 8. The summed E-state index contributed by atoms with van der Waals surface area (Å²) < 4.78 is 39.3. The summed E-state index contributed by atoms with van der Waals surface area (Å²) in [6, 6.07) is 5.02. The maximum atomic E-state index is 13.1. The topological polar surface area (TPSA) is 163 Å². The van der Waals surface area contributed by atoms with Crippen molar-refractivity contribution in [3.8, 4) is 10.4 Å². The zero-order valence-corrected chi connectivity index (χ0v) is 21.9. The first kappa shape index (κ1) is 28.2. The number of carboxylic acid groups (broad SMARTS) is 1. The van der Waals surface area contributed by atoms with Crippen molar-refractivity contribution in [1.29, 1.82) is 0 Å². The van der Waals surface area contributed by atoms with E-state index in [9.17, 15) is 33.0 Å². The van der Waals surface area contributed by atoms with Crippen molar-refractivity contribution in [2.75, 3.05) is 5.32 Å². The van der Waals surface area contributed by atoms with Crippen molar-refractivity contribution < 1.29 is 33.0 Å². The van der Waals surface area contributed by atoms with Crippen molar-refractivity contribution in [1.82, 2.24) is 20.3 Å². The summed E-state index contributed by atoms with van der Waals surface area (Å²) in [6.45, 7) is 3.67. The summed E-state index contributed by atoms with van der Waals surface area (Å²) in [7, 11) is 0. The van der Waals surface area contributed by atoms with Gasteiger partial charge < -0.3 is 26.6 Å². The lowest BCUT2D eigenvalue weighted by molar-refractivity contribution is -0.154. The van der Waals surface area contributed by atoms with E-state index in [1.54, 1.807) is 24.4 Å². The SMILES string of the molecule is CC1(C)C[C@@](O)(c2ncc(-c3cc(CNC(N)=O)cc(Nc4nccc(C(F)(F)F)n4)c3)s2)CC[C@@H]1C(=O)O. The number of nitrogens with one attached hydrogen (secondary N) is 2. The molecule has 14 heteroatoms. The van der Waals surface area contributed by atoms with E-state index in [0.29, 0.717) is 33.1 Å². The lowest BCUT2D eigenvalue weighted by Crippen LogP contribution is -2.44. The quantitative estimate of drug-likeness (QED) is 0.277. The van der Waals surface area contributed by atoms with Crippen LogP contribution >= 0.6 is 11.3 Å². The number of anilines is 2. The Hall–Kier alpha value is -3.78. The van der Waals surface area contributed by atoms with Crippen LogP contribution in [-0.4, -0.2) is 37.2 Å². The van der Waals surface area contributed by atoms with E-state index in [2.05, 4.69) is 25.6 Å². The number of rotatable bonds is 7. The molecule has 2 aromatic heterocycles. The van der Waals surface area contributed by atoms with Gasteiger partial charge in [-0.1, -0.05) is 13.8 Å². The van der Waals surface area contributed by atoms with Crippen molar-refractivity contribution in [3.63, 3.8) is 0 Å². The minimum absolute atomic E-state index is 0.0433. The molecule has 0 radical (unpaired) electrons. The minimum atomic E-state index is -4.64. The van der Waals surface area contributed by atoms with Crippen LogP contribution in [0, 0.1) is 11.3 Å². The van der Waals surface area contributed by atoms with E-state index >= 15 is 0 Å². The second-order valence-corrected chi connectivity index (χ2v) is 11.2. The Morgan fingerprint density at radius 2 is 1.97 bits per heavy atom. The molecule has 0 saturated heterocycles. The molecular formula is C25H27F3N6O4S. The number of urea groups is 1. The third-order valence-electron chi connectivity index (χ3n) is 6.69. The number of halogens is 3. The smallest absolute Gasteiger partial charge is 0.433 e. The first-order valence-corrected chi connectivity index (χ1v) is 12.7. The molecule has 3 aromatic rings. The Bertz CT molecular complexity index is 1400. The number of aromatic nitrogens is 3. The van der Waals surface area contributed by atoms with E-state index in [1.165, 1.54) is 11.3 Å². The molecule has 1 saturated carbocycles. The number of carboxylic acids is 1. The number of primary amides is 1. The van der Waals surface area contributed by atoms with Gasteiger partial charge in [0, 0.05) is 24.6 Å². The van der Waals surface area contributed by atoms with Crippen LogP contribution in [0.1, 0.15) is 49.4 Å². The number of hydrogen-bond donors (Lipinski definition) is 5.